The molecule has 64 valence electrons. The van der Waals surface area contributed by atoms with Crippen molar-refractivity contribution in [3.05, 3.63) is 49.2 Å². The monoisotopic (exact) mass is 161 g/mol. The Hall–Kier alpha value is -1.24. The third kappa shape index (κ3) is 2.42. The summed E-state index contributed by atoms with van der Waals surface area (Å²) in [6, 6.07) is 0.513. The van der Waals surface area contributed by atoms with E-state index >= 15 is 0 Å². The predicted octanol–water partition coefficient (Wildman–Crippen LogP) is 2.55. The molecule has 1 heteroatoms. The lowest BCUT2D eigenvalue weighted by Crippen LogP contribution is -2.29. The van der Waals surface area contributed by atoms with Crippen molar-refractivity contribution in [2.75, 3.05) is 0 Å². The Morgan fingerprint density at radius 2 is 2.42 bits per heavy atom. The van der Waals surface area contributed by atoms with Crippen LogP contribution in [-0.4, -0.2) is 6.04 Å². The van der Waals surface area contributed by atoms with Crippen molar-refractivity contribution in [1.29, 1.82) is 0 Å². The average molecular weight is 161 g/mol. The Morgan fingerprint density at radius 1 is 1.58 bits per heavy atom. The topological polar surface area (TPSA) is 12.0 Å². The van der Waals surface area contributed by atoms with E-state index < -0.39 is 0 Å². The summed E-state index contributed by atoms with van der Waals surface area (Å²) < 4.78 is 0. The Balaban J connectivity index is 2.56. The van der Waals surface area contributed by atoms with Gasteiger partial charge in [-0.25, -0.2) is 0 Å². The van der Waals surface area contributed by atoms with Gasteiger partial charge >= 0.3 is 0 Å². The van der Waals surface area contributed by atoms with Gasteiger partial charge in [0.2, 0.25) is 0 Å². The molecule has 1 atom stereocenters. The second kappa shape index (κ2) is 4.60. The van der Waals surface area contributed by atoms with Crippen LogP contribution in [0, 0.1) is 0 Å². The lowest BCUT2D eigenvalue weighted by atomic mass is 10.1. The molecule has 12 heavy (non-hydrogen) atoms. The molecular weight excluding hydrogens is 146 g/mol. The first-order valence-corrected chi connectivity index (χ1v) is 4.23. The summed E-state index contributed by atoms with van der Waals surface area (Å²) in [5.74, 6) is 0. The van der Waals surface area contributed by atoms with Crippen LogP contribution in [0.3, 0.4) is 0 Å². The lowest BCUT2D eigenvalue weighted by molar-refractivity contribution is 0.572. The van der Waals surface area contributed by atoms with Crippen LogP contribution in [0.25, 0.3) is 0 Å². The van der Waals surface area contributed by atoms with Gasteiger partial charge in [-0.15, -0.1) is 6.58 Å². The second-order valence-electron chi connectivity index (χ2n) is 2.86. The zero-order chi connectivity index (χ0) is 8.81. The van der Waals surface area contributed by atoms with E-state index in [-0.39, 0.29) is 0 Å². The van der Waals surface area contributed by atoms with Crippen molar-refractivity contribution in [3.63, 3.8) is 0 Å². The molecular formula is C11H15N. The molecule has 1 N–H and O–H groups in total. The first-order chi connectivity index (χ1) is 5.86. The van der Waals surface area contributed by atoms with E-state index in [1.54, 1.807) is 6.08 Å². The molecule has 0 saturated heterocycles. The molecule has 0 amide bonds. The van der Waals surface area contributed by atoms with Crippen molar-refractivity contribution < 1.29 is 0 Å². The molecule has 0 aromatic carbocycles. The molecule has 0 bridgehead atoms. The number of hydrogen-bond acceptors (Lipinski definition) is 1. The fourth-order valence-corrected chi connectivity index (χ4v) is 1.29. The minimum Gasteiger partial charge on any atom is -0.382 e. The molecule has 1 aliphatic heterocycles. The Labute approximate surface area is 74.2 Å². The maximum absolute atomic E-state index is 3.72. The van der Waals surface area contributed by atoms with E-state index in [2.05, 4.69) is 30.6 Å². The van der Waals surface area contributed by atoms with Gasteiger partial charge in [0.05, 0.1) is 0 Å². The minimum atomic E-state index is 0.513. The van der Waals surface area contributed by atoms with Crippen LogP contribution in [0.2, 0.25) is 0 Å². The van der Waals surface area contributed by atoms with Crippen molar-refractivity contribution in [2.45, 2.75) is 18.9 Å². The van der Waals surface area contributed by atoms with Crippen LogP contribution in [0.1, 0.15) is 12.8 Å². The fourth-order valence-electron chi connectivity index (χ4n) is 1.29. The van der Waals surface area contributed by atoms with Crippen LogP contribution >= 0.6 is 0 Å². The van der Waals surface area contributed by atoms with Gasteiger partial charge in [-0.3, -0.25) is 0 Å². The number of nitrogens with one attached hydrogen (secondary N) is 1. The van der Waals surface area contributed by atoms with E-state index in [9.17, 15) is 0 Å². The zero-order valence-electron chi connectivity index (χ0n) is 7.29. The van der Waals surface area contributed by atoms with E-state index in [1.165, 1.54) is 0 Å². The van der Waals surface area contributed by atoms with Crippen molar-refractivity contribution in [3.8, 4) is 0 Å². The molecule has 0 saturated carbocycles. The molecule has 0 radical (unpaired) electrons. The summed E-state index contributed by atoms with van der Waals surface area (Å²) in [6.45, 7) is 7.38. The number of rotatable bonds is 3. The maximum atomic E-state index is 3.72. The fraction of sp³-hybridized carbons (Fsp3) is 0.273. The van der Waals surface area contributed by atoms with Crippen molar-refractivity contribution >= 4 is 0 Å². The highest BCUT2D eigenvalue weighted by Gasteiger charge is 2.08. The van der Waals surface area contributed by atoms with Crippen LogP contribution in [0.15, 0.2) is 49.2 Å². The number of allylic oxidation sites excluding steroid dienone is 3. The van der Waals surface area contributed by atoms with E-state index in [4.69, 9.17) is 0 Å². The summed E-state index contributed by atoms with van der Waals surface area (Å²) in [6.07, 6.45) is 12.1. The number of hydrogen-bond donors (Lipinski definition) is 1. The third-order valence-electron chi connectivity index (χ3n) is 1.84. The minimum absolute atomic E-state index is 0.513. The largest absolute Gasteiger partial charge is 0.382 e. The first-order valence-electron chi connectivity index (χ1n) is 4.23. The van der Waals surface area contributed by atoms with Gasteiger partial charge in [-0.05, 0) is 25.0 Å². The van der Waals surface area contributed by atoms with Crippen molar-refractivity contribution in [2.24, 2.45) is 0 Å². The van der Waals surface area contributed by atoms with Gasteiger partial charge in [0.15, 0.2) is 0 Å². The molecule has 1 rings (SSSR count). The second-order valence-corrected chi connectivity index (χ2v) is 2.86. The summed E-state index contributed by atoms with van der Waals surface area (Å²) in [5, 5.41) is 3.39. The molecule has 1 heterocycles. The molecule has 0 aliphatic carbocycles. The highest BCUT2D eigenvalue weighted by molar-refractivity contribution is 5.25. The first kappa shape index (κ1) is 8.85. The maximum Gasteiger partial charge on any atom is 0.0339 e. The van der Waals surface area contributed by atoms with Gasteiger partial charge in [-0.2, -0.15) is 0 Å². The van der Waals surface area contributed by atoms with Gasteiger partial charge in [0, 0.05) is 11.7 Å². The lowest BCUT2D eigenvalue weighted by Gasteiger charge is -2.21. The summed E-state index contributed by atoms with van der Waals surface area (Å²) in [7, 11) is 0. The SMILES string of the molecule is C=C/C=C1\C=CC[C@@H](CC=C)N1. The molecule has 0 spiro atoms. The van der Waals surface area contributed by atoms with Gasteiger partial charge in [0.1, 0.15) is 0 Å². The molecule has 0 aromatic heterocycles. The highest BCUT2D eigenvalue weighted by atomic mass is 14.9. The molecule has 0 fully saturated rings. The molecule has 0 unspecified atom stereocenters. The van der Waals surface area contributed by atoms with Crippen molar-refractivity contribution in [1.82, 2.24) is 5.32 Å². The highest BCUT2D eigenvalue weighted by Crippen LogP contribution is 2.10. The quantitative estimate of drug-likeness (QED) is 0.627. The Bertz CT molecular complexity index is 223. The van der Waals surface area contributed by atoms with Crippen LogP contribution in [-0.2, 0) is 0 Å². The smallest absolute Gasteiger partial charge is 0.0339 e. The van der Waals surface area contributed by atoms with Gasteiger partial charge in [0.25, 0.3) is 0 Å². The summed E-state index contributed by atoms with van der Waals surface area (Å²) in [4.78, 5) is 0. The average Bonchev–Trinajstić information content (AvgIpc) is 2.06. The predicted molar refractivity (Wildman–Crippen MR) is 53.8 cm³/mol. The van der Waals surface area contributed by atoms with E-state index in [0.29, 0.717) is 6.04 Å². The Morgan fingerprint density at radius 3 is 3.08 bits per heavy atom. The van der Waals surface area contributed by atoms with Crippen LogP contribution < -0.4 is 5.32 Å². The third-order valence-corrected chi connectivity index (χ3v) is 1.84. The van der Waals surface area contributed by atoms with Crippen LogP contribution in [0.4, 0.5) is 0 Å². The molecule has 0 aromatic rings. The van der Waals surface area contributed by atoms with E-state index in [0.717, 1.165) is 18.5 Å². The van der Waals surface area contributed by atoms with Gasteiger partial charge in [-0.1, -0.05) is 24.8 Å². The van der Waals surface area contributed by atoms with Gasteiger partial charge < -0.3 is 5.32 Å². The Kier molecular flexibility index (Phi) is 3.39. The standard InChI is InChI=1S/C11H15N/c1-3-6-10-8-5-9-11(12-10)7-4-2/h3-6,8,11-12H,1-2,7,9H2/b10-6+/t11-/m1/s1. The van der Waals surface area contributed by atoms with Crippen LogP contribution in [0.5, 0.6) is 0 Å². The summed E-state index contributed by atoms with van der Waals surface area (Å²) >= 11 is 0. The van der Waals surface area contributed by atoms with E-state index in [1.807, 2.05) is 12.2 Å². The molecule has 1 nitrogen and oxygen atoms in total. The normalized spacial score (nSPS) is 25.0. The molecule has 1 aliphatic rings. The summed E-state index contributed by atoms with van der Waals surface area (Å²) in [5.41, 5.74) is 1.14. The zero-order valence-corrected chi connectivity index (χ0v) is 7.29.